The van der Waals surface area contributed by atoms with E-state index in [1.807, 2.05) is 0 Å². The van der Waals surface area contributed by atoms with Gasteiger partial charge < -0.3 is 14.6 Å². The first-order valence-electron chi connectivity index (χ1n) is 5.92. The fourth-order valence-corrected chi connectivity index (χ4v) is 2.19. The van der Waals surface area contributed by atoms with E-state index in [-0.39, 0.29) is 0 Å². The first kappa shape index (κ1) is 15.7. The first-order chi connectivity index (χ1) is 9.86. The molecule has 1 aromatic rings. The van der Waals surface area contributed by atoms with Gasteiger partial charge in [-0.2, -0.15) is 4.39 Å². The van der Waals surface area contributed by atoms with E-state index in [4.69, 9.17) is 4.74 Å². The van der Waals surface area contributed by atoms with Gasteiger partial charge in [-0.3, -0.25) is 14.3 Å². The molecule has 2 heterocycles. The number of alkyl halides is 2. The summed E-state index contributed by atoms with van der Waals surface area (Å²) in [5, 5.41) is 9.78. The maximum atomic E-state index is 14.1. The van der Waals surface area contributed by atoms with Crippen LogP contribution in [0.1, 0.15) is 6.23 Å². The SMILES string of the molecule is COCC1(CF)OC(n2cc(F)c(=O)[nH]c2=O)C(F)C1O. The number of aliphatic hydroxyl groups excluding tert-OH is 1. The number of nitrogens with zero attached hydrogens (tertiary/aromatic N) is 1. The summed E-state index contributed by atoms with van der Waals surface area (Å²) in [6.07, 6.45) is -5.48. The molecule has 118 valence electrons. The lowest BCUT2D eigenvalue weighted by Crippen LogP contribution is -2.48. The number of methoxy groups -OCH3 is 1. The molecule has 10 heteroatoms. The zero-order valence-corrected chi connectivity index (χ0v) is 10.9. The monoisotopic (exact) mass is 310 g/mol. The Kier molecular flexibility index (Phi) is 4.21. The molecule has 1 saturated heterocycles. The van der Waals surface area contributed by atoms with Crippen LogP contribution in [0.2, 0.25) is 0 Å². The lowest BCUT2D eigenvalue weighted by atomic mass is 9.98. The molecular weight excluding hydrogens is 297 g/mol. The minimum atomic E-state index is -2.21. The number of rotatable bonds is 4. The minimum absolute atomic E-state index is 0.414. The summed E-state index contributed by atoms with van der Waals surface area (Å²) in [4.78, 5) is 24.1. The predicted molar refractivity (Wildman–Crippen MR) is 62.9 cm³/mol. The van der Waals surface area contributed by atoms with Crippen LogP contribution in [0, 0.1) is 5.82 Å². The fourth-order valence-electron chi connectivity index (χ4n) is 2.19. The van der Waals surface area contributed by atoms with Crippen molar-refractivity contribution in [2.45, 2.75) is 24.1 Å². The van der Waals surface area contributed by atoms with Crippen LogP contribution < -0.4 is 11.2 Å². The minimum Gasteiger partial charge on any atom is -0.387 e. The predicted octanol–water partition coefficient (Wildman–Crippen LogP) is -0.742. The van der Waals surface area contributed by atoms with Gasteiger partial charge in [0.25, 0.3) is 5.56 Å². The molecule has 0 aromatic carbocycles. The molecule has 0 amide bonds. The summed E-state index contributed by atoms with van der Waals surface area (Å²) < 4.78 is 50.6. The van der Waals surface area contributed by atoms with Crippen molar-refractivity contribution in [1.29, 1.82) is 0 Å². The van der Waals surface area contributed by atoms with E-state index >= 15 is 0 Å². The topological polar surface area (TPSA) is 93.5 Å². The average Bonchev–Trinajstić information content (AvgIpc) is 2.69. The zero-order valence-electron chi connectivity index (χ0n) is 10.9. The second-order valence-electron chi connectivity index (χ2n) is 4.67. The van der Waals surface area contributed by atoms with Crippen molar-refractivity contribution in [2.75, 3.05) is 20.4 Å². The molecule has 2 rings (SSSR count). The van der Waals surface area contributed by atoms with E-state index in [0.29, 0.717) is 10.8 Å². The van der Waals surface area contributed by atoms with Crippen LogP contribution in [0.4, 0.5) is 13.2 Å². The van der Waals surface area contributed by atoms with Crippen LogP contribution in [-0.4, -0.2) is 52.9 Å². The molecular formula is C11H13F3N2O5. The average molecular weight is 310 g/mol. The third-order valence-electron chi connectivity index (χ3n) is 3.28. The highest BCUT2D eigenvalue weighted by Crippen LogP contribution is 2.39. The summed E-state index contributed by atoms with van der Waals surface area (Å²) in [5.41, 5.74) is -4.43. The molecule has 0 aliphatic carbocycles. The number of ether oxygens (including phenoxy) is 2. The molecule has 0 radical (unpaired) electrons. The van der Waals surface area contributed by atoms with Gasteiger partial charge in [-0.05, 0) is 0 Å². The zero-order chi connectivity index (χ0) is 15.8. The van der Waals surface area contributed by atoms with Crippen molar-refractivity contribution in [3.8, 4) is 0 Å². The summed E-state index contributed by atoms with van der Waals surface area (Å²) >= 11 is 0. The molecule has 1 aliphatic rings. The van der Waals surface area contributed by atoms with Crippen molar-refractivity contribution in [3.63, 3.8) is 0 Å². The maximum absolute atomic E-state index is 14.1. The highest BCUT2D eigenvalue weighted by Gasteiger charge is 2.56. The Morgan fingerprint density at radius 3 is 2.81 bits per heavy atom. The van der Waals surface area contributed by atoms with Gasteiger partial charge in [-0.25, -0.2) is 13.6 Å². The van der Waals surface area contributed by atoms with Gasteiger partial charge in [0.15, 0.2) is 18.0 Å². The van der Waals surface area contributed by atoms with Crippen LogP contribution in [0.5, 0.6) is 0 Å². The number of hydrogen-bond donors (Lipinski definition) is 2. The lowest BCUT2D eigenvalue weighted by Gasteiger charge is -2.27. The normalized spacial score (nSPS) is 32.5. The number of aromatic amines is 1. The number of halogens is 3. The Morgan fingerprint density at radius 1 is 1.57 bits per heavy atom. The van der Waals surface area contributed by atoms with E-state index in [1.54, 1.807) is 4.98 Å². The molecule has 7 nitrogen and oxygen atoms in total. The number of nitrogens with one attached hydrogen (secondary N) is 1. The summed E-state index contributed by atoms with van der Waals surface area (Å²) in [7, 11) is 1.19. The van der Waals surface area contributed by atoms with Gasteiger partial charge in [0, 0.05) is 7.11 Å². The molecule has 4 unspecified atom stereocenters. The smallest absolute Gasteiger partial charge is 0.330 e. The highest BCUT2D eigenvalue weighted by molar-refractivity contribution is 5.02. The fraction of sp³-hybridized carbons (Fsp3) is 0.636. The largest absolute Gasteiger partial charge is 0.387 e. The third kappa shape index (κ3) is 2.49. The number of H-pyrrole nitrogens is 1. The Hall–Kier alpha value is -1.65. The van der Waals surface area contributed by atoms with E-state index in [2.05, 4.69) is 4.74 Å². The van der Waals surface area contributed by atoms with Crippen molar-refractivity contribution < 1.29 is 27.8 Å². The lowest BCUT2D eigenvalue weighted by molar-refractivity contribution is -0.144. The highest BCUT2D eigenvalue weighted by atomic mass is 19.1. The van der Waals surface area contributed by atoms with E-state index in [1.165, 1.54) is 7.11 Å². The summed E-state index contributed by atoms with van der Waals surface area (Å²) in [6.45, 7) is -1.75. The number of aliphatic hydroxyl groups is 1. The molecule has 2 N–H and O–H groups in total. The number of aromatic nitrogens is 2. The summed E-state index contributed by atoms with van der Waals surface area (Å²) in [5.74, 6) is -1.34. The van der Waals surface area contributed by atoms with Crippen LogP contribution >= 0.6 is 0 Å². The van der Waals surface area contributed by atoms with Gasteiger partial charge >= 0.3 is 5.69 Å². The number of hydrogen-bond acceptors (Lipinski definition) is 5. The molecule has 1 aromatic heterocycles. The Balaban J connectivity index is 2.45. The molecule has 4 atom stereocenters. The molecule has 1 aliphatic heterocycles. The van der Waals surface area contributed by atoms with Gasteiger partial charge in [-0.1, -0.05) is 0 Å². The van der Waals surface area contributed by atoms with E-state index in [0.717, 1.165) is 0 Å². The standard InChI is InChI=1S/C11H13F3N2O5/c1-20-4-11(3-12)7(17)6(14)9(21-11)16-2-5(13)8(18)15-10(16)19/h2,6-7,9,17H,3-4H2,1H3,(H,15,18,19). The molecule has 21 heavy (non-hydrogen) atoms. The Bertz CT molecular complexity index is 633. The molecule has 1 fully saturated rings. The third-order valence-corrected chi connectivity index (χ3v) is 3.28. The van der Waals surface area contributed by atoms with Gasteiger partial charge in [0.2, 0.25) is 5.82 Å². The quantitative estimate of drug-likeness (QED) is 0.764. The van der Waals surface area contributed by atoms with Crippen LogP contribution in [-0.2, 0) is 9.47 Å². The van der Waals surface area contributed by atoms with Crippen molar-refractivity contribution in [2.24, 2.45) is 0 Å². The molecule has 0 spiro atoms. The van der Waals surface area contributed by atoms with Crippen molar-refractivity contribution in [3.05, 3.63) is 32.9 Å². The van der Waals surface area contributed by atoms with Crippen LogP contribution in [0.15, 0.2) is 15.8 Å². The molecule has 0 bridgehead atoms. The molecule has 0 saturated carbocycles. The van der Waals surface area contributed by atoms with E-state index in [9.17, 15) is 27.9 Å². The summed E-state index contributed by atoms with van der Waals surface area (Å²) in [6, 6.07) is 0. The van der Waals surface area contributed by atoms with E-state index < -0.39 is 54.5 Å². The van der Waals surface area contributed by atoms with Crippen LogP contribution in [0.25, 0.3) is 0 Å². The first-order valence-corrected chi connectivity index (χ1v) is 5.92. The second kappa shape index (κ2) is 5.62. The maximum Gasteiger partial charge on any atom is 0.330 e. The Labute approximate surface area is 115 Å². The van der Waals surface area contributed by atoms with Crippen molar-refractivity contribution >= 4 is 0 Å². The van der Waals surface area contributed by atoms with Gasteiger partial charge in [0.1, 0.15) is 12.8 Å². The van der Waals surface area contributed by atoms with Crippen molar-refractivity contribution in [1.82, 2.24) is 9.55 Å². The Morgan fingerprint density at radius 2 is 2.24 bits per heavy atom. The van der Waals surface area contributed by atoms with Crippen LogP contribution in [0.3, 0.4) is 0 Å². The second-order valence-corrected chi connectivity index (χ2v) is 4.67. The van der Waals surface area contributed by atoms with Gasteiger partial charge in [0.05, 0.1) is 12.8 Å². The van der Waals surface area contributed by atoms with Gasteiger partial charge in [-0.15, -0.1) is 0 Å².